The summed E-state index contributed by atoms with van der Waals surface area (Å²) in [5.74, 6) is 0.865. The predicted octanol–water partition coefficient (Wildman–Crippen LogP) is 1.94. The first-order valence-corrected chi connectivity index (χ1v) is 6.56. The highest BCUT2D eigenvalue weighted by Gasteiger charge is 2.14. The van der Waals surface area contributed by atoms with Gasteiger partial charge in [-0.3, -0.25) is 4.79 Å². The third-order valence-electron chi connectivity index (χ3n) is 3.29. The number of rotatable bonds is 4. The van der Waals surface area contributed by atoms with E-state index in [1.807, 2.05) is 26.0 Å². The second kappa shape index (κ2) is 5.88. The number of nitrogens with one attached hydrogen (secondary N) is 2. The first kappa shape index (κ1) is 14.3. The molecule has 0 amide bonds. The molecule has 1 aromatic carbocycles. The van der Waals surface area contributed by atoms with E-state index < -0.39 is 0 Å². The molecule has 0 radical (unpaired) electrons. The van der Waals surface area contributed by atoms with Crippen LogP contribution in [-0.2, 0) is 6.54 Å². The van der Waals surface area contributed by atoms with Crippen LogP contribution < -0.4 is 10.9 Å². The van der Waals surface area contributed by atoms with E-state index in [1.54, 1.807) is 19.1 Å². The summed E-state index contributed by atoms with van der Waals surface area (Å²) >= 11 is 0. The number of aromatic amines is 1. The van der Waals surface area contributed by atoms with Gasteiger partial charge in [0.25, 0.3) is 5.56 Å². The molecule has 1 unspecified atom stereocenters. The van der Waals surface area contributed by atoms with E-state index in [1.165, 1.54) is 0 Å². The van der Waals surface area contributed by atoms with Crippen molar-refractivity contribution in [2.24, 2.45) is 0 Å². The lowest BCUT2D eigenvalue weighted by Gasteiger charge is -2.16. The molecule has 20 heavy (non-hydrogen) atoms. The lowest BCUT2D eigenvalue weighted by Crippen LogP contribution is -2.27. The summed E-state index contributed by atoms with van der Waals surface area (Å²) in [7, 11) is 0. The van der Waals surface area contributed by atoms with Crippen LogP contribution in [0.5, 0.6) is 5.75 Å². The van der Waals surface area contributed by atoms with E-state index in [0.29, 0.717) is 17.9 Å². The molecule has 106 valence electrons. The van der Waals surface area contributed by atoms with Crippen molar-refractivity contribution in [1.82, 2.24) is 15.3 Å². The normalized spacial score (nSPS) is 12.3. The summed E-state index contributed by atoms with van der Waals surface area (Å²) < 4.78 is 0. The summed E-state index contributed by atoms with van der Waals surface area (Å²) in [6.45, 7) is 5.99. The molecule has 5 heteroatoms. The van der Waals surface area contributed by atoms with Gasteiger partial charge in [0.1, 0.15) is 11.6 Å². The van der Waals surface area contributed by atoms with Crippen molar-refractivity contribution in [2.45, 2.75) is 33.4 Å². The van der Waals surface area contributed by atoms with Crippen LogP contribution in [0.2, 0.25) is 0 Å². The Morgan fingerprint density at radius 3 is 2.70 bits per heavy atom. The number of aromatic nitrogens is 2. The lowest BCUT2D eigenvalue weighted by atomic mass is 10.1. The summed E-state index contributed by atoms with van der Waals surface area (Å²) in [6.07, 6.45) is 0. The van der Waals surface area contributed by atoms with E-state index in [2.05, 4.69) is 15.3 Å². The molecule has 0 aliphatic carbocycles. The number of H-pyrrole nitrogens is 1. The van der Waals surface area contributed by atoms with Crippen LogP contribution in [0.25, 0.3) is 0 Å². The van der Waals surface area contributed by atoms with Gasteiger partial charge in [-0.05, 0) is 26.8 Å². The van der Waals surface area contributed by atoms with E-state index in [0.717, 1.165) is 11.3 Å². The Morgan fingerprint density at radius 1 is 1.35 bits per heavy atom. The number of phenols is 1. The molecule has 2 aromatic rings. The van der Waals surface area contributed by atoms with E-state index in [4.69, 9.17) is 0 Å². The molecule has 0 saturated carbocycles. The molecule has 1 atom stereocenters. The van der Waals surface area contributed by atoms with Gasteiger partial charge in [-0.2, -0.15) is 0 Å². The zero-order valence-corrected chi connectivity index (χ0v) is 11.9. The Hall–Kier alpha value is -2.14. The second-order valence-corrected chi connectivity index (χ2v) is 4.88. The van der Waals surface area contributed by atoms with Gasteiger partial charge in [0.15, 0.2) is 0 Å². The number of hydrogen-bond acceptors (Lipinski definition) is 4. The van der Waals surface area contributed by atoms with E-state index >= 15 is 0 Å². The van der Waals surface area contributed by atoms with Crippen molar-refractivity contribution in [1.29, 1.82) is 0 Å². The summed E-state index contributed by atoms with van der Waals surface area (Å²) in [6, 6.07) is 6.99. The first-order valence-electron chi connectivity index (χ1n) is 6.56. The smallest absolute Gasteiger partial charge is 0.255 e. The highest BCUT2D eigenvalue weighted by atomic mass is 16.3. The third kappa shape index (κ3) is 3.05. The molecular formula is C15H19N3O2. The monoisotopic (exact) mass is 273 g/mol. The van der Waals surface area contributed by atoms with Crippen molar-refractivity contribution in [3.63, 3.8) is 0 Å². The summed E-state index contributed by atoms with van der Waals surface area (Å²) in [5.41, 5.74) is 2.04. The van der Waals surface area contributed by atoms with Crippen LogP contribution in [0.4, 0.5) is 0 Å². The Labute approximate surface area is 117 Å². The van der Waals surface area contributed by atoms with Crippen molar-refractivity contribution >= 4 is 0 Å². The van der Waals surface area contributed by atoms with Gasteiger partial charge >= 0.3 is 0 Å². The van der Waals surface area contributed by atoms with Crippen LogP contribution in [0, 0.1) is 13.8 Å². The van der Waals surface area contributed by atoms with Gasteiger partial charge in [0.2, 0.25) is 0 Å². The molecule has 0 fully saturated rings. The molecule has 1 aromatic heterocycles. The zero-order chi connectivity index (χ0) is 14.7. The fourth-order valence-electron chi connectivity index (χ4n) is 2.27. The molecule has 1 heterocycles. The standard InChI is InChI=1S/C15H19N3O2/c1-9(14-10(2)17-11(3)18-15(14)20)16-8-12-6-4-5-7-13(12)19/h4-7,9,16,19H,8H2,1-3H3,(H,17,18,20). The zero-order valence-electron chi connectivity index (χ0n) is 11.9. The molecular weight excluding hydrogens is 254 g/mol. The maximum atomic E-state index is 12.0. The maximum absolute atomic E-state index is 12.0. The van der Waals surface area contributed by atoms with Gasteiger partial charge in [-0.1, -0.05) is 18.2 Å². The fraction of sp³-hybridized carbons (Fsp3) is 0.333. The number of aromatic hydroxyl groups is 1. The average Bonchev–Trinajstić information content (AvgIpc) is 2.36. The van der Waals surface area contributed by atoms with Crippen molar-refractivity contribution in [2.75, 3.05) is 0 Å². The number of aryl methyl sites for hydroxylation is 2. The number of nitrogens with zero attached hydrogens (tertiary/aromatic N) is 1. The molecule has 0 aliphatic rings. The maximum Gasteiger partial charge on any atom is 0.255 e. The quantitative estimate of drug-likeness (QED) is 0.795. The van der Waals surface area contributed by atoms with Crippen molar-refractivity contribution < 1.29 is 5.11 Å². The van der Waals surface area contributed by atoms with Gasteiger partial charge in [0.05, 0.1) is 5.56 Å². The Balaban J connectivity index is 2.16. The van der Waals surface area contributed by atoms with E-state index in [-0.39, 0.29) is 17.4 Å². The molecule has 0 aliphatic heterocycles. The molecule has 2 rings (SSSR count). The average molecular weight is 273 g/mol. The largest absolute Gasteiger partial charge is 0.508 e. The molecule has 0 saturated heterocycles. The second-order valence-electron chi connectivity index (χ2n) is 4.88. The molecule has 0 bridgehead atoms. The van der Waals surface area contributed by atoms with Crippen LogP contribution >= 0.6 is 0 Å². The van der Waals surface area contributed by atoms with Gasteiger partial charge in [0, 0.05) is 23.8 Å². The van der Waals surface area contributed by atoms with Gasteiger partial charge < -0.3 is 15.4 Å². The minimum Gasteiger partial charge on any atom is -0.508 e. The Morgan fingerprint density at radius 2 is 2.05 bits per heavy atom. The topological polar surface area (TPSA) is 78.0 Å². The summed E-state index contributed by atoms with van der Waals surface area (Å²) in [4.78, 5) is 19.0. The fourth-order valence-corrected chi connectivity index (χ4v) is 2.27. The minimum absolute atomic E-state index is 0.118. The Kier molecular flexibility index (Phi) is 4.20. The number of phenolic OH excluding ortho intramolecular Hbond substituents is 1. The van der Waals surface area contributed by atoms with E-state index in [9.17, 15) is 9.90 Å². The number of benzene rings is 1. The minimum atomic E-state index is -0.147. The molecule has 3 N–H and O–H groups in total. The first-order chi connectivity index (χ1) is 9.49. The Bertz CT molecular complexity index is 664. The SMILES string of the molecule is Cc1nc(C)c(C(C)NCc2ccccc2O)c(=O)[nH]1. The highest BCUT2D eigenvalue weighted by molar-refractivity contribution is 5.31. The number of para-hydroxylation sites is 1. The van der Waals surface area contributed by atoms with Crippen molar-refractivity contribution in [3.8, 4) is 5.75 Å². The van der Waals surface area contributed by atoms with Crippen LogP contribution in [-0.4, -0.2) is 15.1 Å². The van der Waals surface area contributed by atoms with Crippen LogP contribution in [0.3, 0.4) is 0 Å². The van der Waals surface area contributed by atoms with Gasteiger partial charge in [-0.25, -0.2) is 4.98 Å². The highest BCUT2D eigenvalue weighted by Crippen LogP contribution is 2.17. The van der Waals surface area contributed by atoms with Crippen LogP contribution in [0.15, 0.2) is 29.1 Å². The van der Waals surface area contributed by atoms with Crippen molar-refractivity contribution in [3.05, 3.63) is 57.3 Å². The number of hydrogen-bond donors (Lipinski definition) is 3. The molecule has 0 spiro atoms. The van der Waals surface area contributed by atoms with Crippen LogP contribution in [0.1, 0.15) is 35.6 Å². The summed E-state index contributed by atoms with van der Waals surface area (Å²) in [5, 5.41) is 13.0. The lowest BCUT2D eigenvalue weighted by molar-refractivity contribution is 0.459. The van der Waals surface area contributed by atoms with Gasteiger partial charge in [-0.15, -0.1) is 0 Å². The predicted molar refractivity (Wildman–Crippen MR) is 77.7 cm³/mol. The molecule has 5 nitrogen and oxygen atoms in total. The third-order valence-corrected chi connectivity index (χ3v) is 3.29.